The number of halogens is 2. The molecule has 0 fully saturated rings. The Morgan fingerprint density at radius 1 is 1.20 bits per heavy atom. The van der Waals surface area contributed by atoms with Gasteiger partial charge in [0.15, 0.2) is 11.5 Å². The van der Waals surface area contributed by atoms with Crippen LogP contribution in [0, 0.1) is 12.7 Å². The van der Waals surface area contributed by atoms with Gasteiger partial charge in [0.1, 0.15) is 24.2 Å². The van der Waals surface area contributed by atoms with Crippen LogP contribution in [0.15, 0.2) is 42.5 Å². The third-order valence-corrected chi connectivity index (χ3v) is 5.32. The zero-order valence-electron chi connectivity index (χ0n) is 16.7. The van der Waals surface area contributed by atoms with Gasteiger partial charge in [0.25, 0.3) is 5.91 Å². The molecule has 6 nitrogen and oxygen atoms in total. The van der Waals surface area contributed by atoms with Crippen LogP contribution in [-0.2, 0) is 6.54 Å². The second-order valence-electron chi connectivity index (χ2n) is 6.90. The molecule has 1 amide bonds. The van der Waals surface area contributed by atoms with Gasteiger partial charge in [-0.2, -0.15) is 5.10 Å². The van der Waals surface area contributed by atoms with Crippen molar-refractivity contribution in [1.82, 2.24) is 14.7 Å². The Kier molecular flexibility index (Phi) is 5.63. The third kappa shape index (κ3) is 3.73. The Hall–Kier alpha value is -3.06. The number of aryl methyl sites for hydroxylation is 1. The largest absolute Gasteiger partial charge is 0.486 e. The standard InChI is InChI=1S/C22H21ClFN3O3/c1-3-26(13-15-5-4-6-18-20(15)30-12-11-29-18)22(28)19-14(2)25-27(21(19)23)17-9-7-16(24)8-10-17/h4-10H,3,11-13H2,1-2H3. The minimum atomic E-state index is -0.357. The number of benzene rings is 2. The smallest absolute Gasteiger partial charge is 0.259 e. The lowest BCUT2D eigenvalue weighted by Crippen LogP contribution is -2.31. The van der Waals surface area contributed by atoms with Crippen molar-refractivity contribution in [1.29, 1.82) is 0 Å². The van der Waals surface area contributed by atoms with E-state index in [4.69, 9.17) is 21.1 Å². The Balaban J connectivity index is 1.64. The quantitative estimate of drug-likeness (QED) is 0.603. The summed E-state index contributed by atoms with van der Waals surface area (Å²) < 4.78 is 26.1. The summed E-state index contributed by atoms with van der Waals surface area (Å²) in [6, 6.07) is 11.4. The molecule has 1 aromatic heterocycles. The highest BCUT2D eigenvalue weighted by Gasteiger charge is 2.26. The molecular formula is C22H21ClFN3O3. The first-order chi connectivity index (χ1) is 14.5. The number of hydrogen-bond donors (Lipinski definition) is 0. The van der Waals surface area contributed by atoms with Gasteiger partial charge in [-0.1, -0.05) is 23.7 Å². The molecule has 0 aliphatic carbocycles. The van der Waals surface area contributed by atoms with Crippen LogP contribution in [0.4, 0.5) is 4.39 Å². The summed E-state index contributed by atoms with van der Waals surface area (Å²) in [4.78, 5) is 15.0. The molecule has 156 valence electrons. The van der Waals surface area contributed by atoms with Crippen LogP contribution in [0.25, 0.3) is 5.69 Å². The molecule has 2 aromatic carbocycles. The fourth-order valence-corrected chi connectivity index (χ4v) is 3.80. The minimum Gasteiger partial charge on any atom is -0.486 e. The summed E-state index contributed by atoms with van der Waals surface area (Å²) in [6.07, 6.45) is 0. The van der Waals surface area contributed by atoms with Crippen LogP contribution in [0.1, 0.15) is 28.5 Å². The molecular weight excluding hydrogens is 409 g/mol. The molecule has 2 heterocycles. The number of hydrogen-bond acceptors (Lipinski definition) is 4. The summed E-state index contributed by atoms with van der Waals surface area (Å²) in [7, 11) is 0. The van der Waals surface area contributed by atoms with Crippen molar-refractivity contribution in [3.05, 3.63) is 70.3 Å². The average molecular weight is 430 g/mol. The van der Waals surface area contributed by atoms with E-state index in [-0.39, 0.29) is 16.9 Å². The SMILES string of the molecule is CCN(Cc1cccc2c1OCCO2)C(=O)c1c(C)nn(-c2ccc(F)cc2)c1Cl. The number of carbonyl (C=O) groups is 1. The molecule has 0 saturated heterocycles. The van der Waals surface area contributed by atoms with E-state index in [1.54, 1.807) is 24.0 Å². The molecule has 30 heavy (non-hydrogen) atoms. The van der Waals surface area contributed by atoms with Gasteiger partial charge in [-0.3, -0.25) is 4.79 Å². The van der Waals surface area contributed by atoms with Gasteiger partial charge in [0, 0.05) is 18.7 Å². The highest BCUT2D eigenvalue weighted by Crippen LogP contribution is 2.35. The lowest BCUT2D eigenvalue weighted by Gasteiger charge is -2.25. The number of ether oxygens (including phenoxy) is 2. The molecule has 0 atom stereocenters. The minimum absolute atomic E-state index is 0.192. The molecule has 1 aliphatic rings. The van der Waals surface area contributed by atoms with Gasteiger partial charge in [0.05, 0.1) is 16.9 Å². The van der Waals surface area contributed by atoms with Crippen molar-refractivity contribution in [2.75, 3.05) is 19.8 Å². The zero-order chi connectivity index (χ0) is 21.3. The van der Waals surface area contributed by atoms with Gasteiger partial charge in [-0.05, 0) is 44.2 Å². The summed E-state index contributed by atoms with van der Waals surface area (Å²) in [5, 5.41) is 4.59. The van der Waals surface area contributed by atoms with Crippen molar-refractivity contribution < 1.29 is 18.7 Å². The second kappa shape index (κ2) is 8.36. The van der Waals surface area contributed by atoms with E-state index < -0.39 is 0 Å². The molecule has 0 saturated carbocycles. The molecule has 8 heteroatoms. The number of para-hydroxylation sites is 1. The number of carbonyl (C=O) groups excluding carboxylic acids is 1. The van der Waals surface area contributed by atoms with E-state index in [2.05, 4.69) is 5.10 Å². The number of amides is 1. The van der Waals surface area contributed by atoms with Crippen molar-refractivity contribution in [3.8, 4) is 17.2 Å². The molecule has 0 unspecified atom stereocenters. The van der Waals surface area contributed by atoms with E-state index >= 15 is 0 Å². The Morgan fingerprint density at radius 3 is 2.67 bits per heavy atom. The maximum atomic E-state index is 13.3. The van der Waals surface area contributed by atoms with Crippen LogP contribution in [0.2, 0.25) is 5.15 Å². The fourth-order valence-electron chi connectivity index (χ4n) is 3.45. The number of nitrogens with zero attached hydrogens (tertiary/aromatic N) is 3. The molecule has 0 N–H and O–H groups in total. The third-order valence-electron chi connectivity index (χ3n) is 4.97. The number of aromatic nitrogens is 2. The molecule has 1 aliphatic heterocycles. The first-order valence-electron chi connectivity index (χ1n) is 9.67. The molecule has 4 rings (SSSR count). The van der Waals surface area contributed by atoms with Gasteiger partial charge in [0.2, 0.25) is 0 Å². The van der Waals surface area contributed by atoms with E-state index in [1.165, 1.54) is 16.8 Å². The van der Waals surface area contributed by atoms with Crippen LogP contribution >= 0.6 is 11.6 Å². The maximum Gasteiger partial charge on any atom is 0.259 e. The Morgan fingerprint density at radius 2 is 1.93 bits per heavy atom. The van der Waals surface area contributed by atoms with Gasteiger partial charge >= 0.3 is 0 Å². The summed E-state index contributed by atoms with van der Waals surface area (Å²) in [6.45, 7) is 5.43. The predicted molar refractivity (Wildman–Crippen MR) is 111 cm³/mol. The van der Waals surface area contributed by atoms with Crippen LogP contribution in [0.3, 0.4) is 0 Å². The van der Waals surface area contributed by atoms with Gasteiger partial charge in [-0.25, -0.2) is 9.07 Å². The van der Waals surface area contributed by atoms with Crippen LogP contribution < -0.4 is 9.47 Å². The first kappa shape index (κ1) is 20.2. The van der Waals surface area contributed by atoms with Crippen molar-refractivity contribution in [3.63, 3.8) is 0 Å². The zero-order valence-corrected chi connectivity index (χ0v) is 17.4. The lowest BCUT2D eigenvalue weighted by molar-refractivity contribution is 0.0748. The summed E-state index contributed by atoms with van der Waals surface area (Å²) in [5.74, 6) is 0.757. The van der Waals surface area contributed by atoms with E-state index in [0.717, 1.165) is 5.56 Å². The number of fused-ring (bicyclic) bond motifs is 1. The lowest BCUT2D eigenvalue weighted by atomic mass is 10.1. The van der Waals surface area contributed by atoms with Crippen molar-refractivity contribution in [2.24, 2.45) is 0 Å². The fraction of sp³-hybridized carbons (Fsp3) is 0.273. The maximum absolute atomic E-state index is 13.3. The predicted octanol–water partition coefficient (Wildman–Crippen LogP) is 4.41. The second-order valence-corrected chi connectivity index (χ2v) is 7.26. The summed E-state index contributed by atoms with van der Waals surface area (Å²) in [5.41, 5.74) is 2.27. The first-order valence-corrected chi connectivity index (χ1v) is 10.0. The highest BCUT2D eigenvalue weighted by molar-refractivity contribution is 6.33. The molecule has 0 radical (unpaired) electrons. The van der Waals surface area contributed by atoms with Gasteiger partial charge in [-0.15, -0.1) is 0 Å². The monoisotopic (exact) mass is 429 g/mol. The van der Waals surface area contributed by atoms with E-state index in [0.29, 0.717) is 54.7 Å². The normalized spacial score (nSPS) is 12.7. The van der Waals surface area contributed by atoms with Crippen LogP contribution in [-0.4, -0.2) is 40.3 Å². The topological polar surface area (TPSA) is 56.6 Å². The average Bonchev–Trinajstić information content (AvgIpc) is 3.06. The summed E-state index contributed by atoms with van der Waals surface area (Å²) >= 11 is 6.53. The van der Waals surface area contributed by atoms with Crippen molar-refractivity contribution >= 4 is 17.5 Å². The Bertz CT molecular complexity index is 1080. The molecule has 0 spiro atoms. The van der Waals surface area contributed by atoms with E-state index in [9.17, 15) is 9.18 Å². The molecule has 0 bridgehead atoms. The van der Waals surface area contributed by atoms with E-state index in [1.807, 2.05) is 25.1 Å². The van der Waals surface area contributed by atoms with Crippen LogP contribution in [0.5, 0.6) is 11.5 Å². The molecule has 3 aromatic rings. The van der Waals surface area contributed by atoms with Crippen molar-refractivity contribution in [2.45, 2.75) is 20.4 Å². The van der Waals surface area contributed by atoms with Gasteiger partial charge < -0.3 is 14.4 Å². The number of rotatable bonds is 5. The highest BCUT2D eigenvalue weighted by atomic mass is 35.5. The Labute approximate surface area is 178 Å².